The Labute approximate surface area is 193 Å². The van der Waals surface area contributed by atoms with Crippen LogP contribution in [0.2, 0.25) is 0 Å². The second-order valence-electron chi connectivity index (χ2n) is 7.48. The third kappa shape index (κ3) is 9.02. The summed E-state index contributed by atoms with van der Waals surface area (Å²) in [6.07, 6.45) is 2.48. The Hall–Kier alpha value is -3.88. The summed E-state index contributed by atoms with van der Waals surface area (Å²) in [6, 6.07) is 13.2. The van der Waals surface area contributed by atoms with Crippen LogP contribution < -0.4 is 15.8 Å². The molecule has 0 aromatic heterocycles. The fourth-order valence-corrected chi connectivity index (χ4v) is 2.83. The molecule has 4 N–H and O–H groups in total. The molecule has 0 spiro atoms. The molecule has 2 rings (SSSR count). The first-order chi connectivity index (χ1) is 15.8. The van der Waals surface area contributed by atoms with Crippen molar-refractivity contribution in [2.45, 2.75) is 32.6 Å². The summed E-state index contributed by atoms with van der Waals surface area (Å²) >= 11 is 0. The number of likely N-dealkylation sites (N-methyl/N-ethyl adjacent to an activating group) is 1. The summed E-state index contributed by atoms with van der Waals surface area (Å²) in [7, 11) is 1.70. The average molecular weight is 455 g/mol. The molecule has 0 saturated carbocycles. The van der Waals surface area contributed by atoms with E-state index >= 15 is 0 Å². The number of ether oxygens (including phenoxy) is 2. The molecule has 0 heterocycles. The average Bonchev–Trinajstić information content (AvgIpc) is 2.80. The predicted molar refractivity (Wildman–Crippen MR) is 125 cm³/mol. The Morgan fingerprint density at radius 3 is 2.33 bits per heavy atom. The van der Waals surface area contributed by atoms with Crippen LogP contribution in [0.25, 0.3) is 0 Å². The molecule has 0 aliphatic carbocycles. The van der Waals surface area contributed by atoms with Gasteiger partial charge in [-0.25, -0.2) is 4.79 Å². The van der Waals surface area contributed by atoms with Gasteiger partial charge in [-0.3, -0.25) is 15.0 Å². The Kier molecular flexibility index (Phi) is 9.88. The fourth-order valence-electron chi connectivity index (χ4n) is 2.83. The van der Waals surface area contributed by atoms with E-state index in [4.69, 9.17) is 20.6 Å². The maximum absolute atomic E-state index is 12.3. The minimum absolute atomic E-state index is 0.145. The van der Waals surface area contributed by atoms with E-state index in [-0.39, 0.29) is 24.9 Å². The monoisotopic (exact) mass is 454 g/mol. The summed E-state index contributed by atoms with van der Waals surface area (Å²) in [6.45, 7) is 2.44. The van der Waals surface area contributed by atoms with E-state index in [1.165, 1.54) is 0 Å². The number of nitrogens with one attached hydrogen (secondary N) is 2. The number of carbonyl (C=O) groups is 3. The van der Waals surface area contributed by atoms with Crippen LogP contribution in [0.1, 0.15) is 42.1 Å². The smallest absolute Gasteiger partial charge is 0.343 e. The van der Waals surface area contributed by atoms with Crippen LogP contribution >= 0.6 is 0 Å². The lowest BCUT2D eigenvalue weighted by Gasteiger charge is -2.16. The molecule has 0 unspecified atom stereocenters. The molecule has 0 aliphatic rings. The van der Waals surface area contributed by atoms with E-state index in [0.29, 0.717) is 30.0 Å². The van der Waals surface area contributed by atoms with Gasteiger partial charge in [-0.05, 0) is 54.8 Å². The Morgan fingerprint density at radius 1 is 1.06 bits per heavy atom. The van der Waals surface area contributed by atoms with Gasteiger partial charge in [0.05, 0.1) is 5.56 Å². The lowest BCUT2D eigenvalue weighted by Crippen LogP contribution is -2.32. The van der Waals surface area contributed by atoms with Gasteiger partial charge in [0.25, 0.3) is 5.91 Å². The number of hydrogen-bond donors (Lipinski definition) is 3. The molecule has 0 saturated heterocycles. The first kappa shape index (κ1) is 25.4. The maximum atomic E-state index is 12.3. The Balaban J connectivity index is 1.77. The summed E-state index contributed by atoms with van der Waals surface area (Å²) < 4.78 is 10.4. The predicted octanol–water partition coefficient (Wildman–Crippen LogP) is 2.95. The van der Waals surface area contributed by atoms with Crippen LogP contribution in [0.4, 0.5) is 5.69 Å². The summed E-state index contributed by atoms with van der Waals surface area (Å²) in [5, 5.41) is 9.83. The molecule has 0 atom stereocenters. The number of anilines is 1. The highest BCUT2D eigenvalue weighted by Gasteiger charge is 2.12. The zero-order chi connectivity index (χ0) is 24.2. The molecule has 33 heavy (non-hydrogen) atoms. The van der Waals surface area contributed by atoms with Crippen molar-refractivity contribution >= 4 is 29.5 Å². The van der Waals surface area contributed by atoms with Crippen molar-refractivity contribution < 1.29 is 23.9 Å². The van der Waals surface area contributed by atoms with Crippen LogP contribution in [-0.2, 0) is 20.7 Å². The summed E-state index contributed by atoms with van der Waals surface area (Å²) in [5.41, 5.74) is 7.08. The number of amides is 1. The number of unbranched alkanes of at least 4 members (excludes halogenated alkanes) is 1. The molecule has 2 aromatic rings. The van der Waals surface area contributed by atoms with Gasteiger partial charge in [-0.1, -0.05) is 25.5 Å². The third-order valence-corrected chi connectivity index (χ3v) is 4.78. The van der Waals surface area contributed by atoms with Crippen molar-refractivity contribution in [1.82, 2.24) is 4.90 Å². The Bertz CT molecular complexity index is 958. The number of guanidine groups is 1. The van der Waals surface area contributed by atoms with Gasteiger partial charge >= 0.3 is 11.9 Å². The van der Waals surface area contributed by atoms with Crippen molar-refractivity contribution in [1.29, 1.82) is 5.41 Å². The van der Waals surface area contributed by atoms with Crippen LogP contribution in [0.5, 0.6) is 5.75 Å². The minimum atomic E-state index is -0.519. The number of benzene rings is 2. The molecule has 0 bridgehead atoms. The first-order valence-corrected chi connectivity index (χ1v) is 10.7. The van der Waals surface area contributed by atoms with Gasteiger partial charge in [-0.2, -0.15) is 0 Å². The standard InChI is InChI=1S/C24H30N4O5/c1-3-4-15-28(2)21(29)16-32-22(30)14-7-17-5-12-20(13-6-17)33-23(31)18-8-10-19(11-9-18)27-24(25)26/h5-6,8-13H,3-4,7,14-16H2,1-2H3,(H4,25,26,27). The van der Waals surface area contributed by atoms with Crippen molar-refractivity contribution in [2.75, 3.05) is 25.5 Å². The van der Waals surface area contributed by atoms with E-state index in [1.807, 2.05) is 6.92 Å². The topological polar surface area (TPSA) is 135 Å². The zero-order valence-electron chi connectivity index (χ0n) is 18.9. The summed E-state index contributed by atoms with van der Waals surface area (Å²) in [5.74, 6) is -0.993. The van der Waals surface area contributed by atoms with Gasteiger partial charge < -0.3 is 25.4 Å². The van der Waals surface area contributed by atoms with Gasteiger partial charge in [-0.15, -0.1) is 0 Å². The van der Waals surface area contributed by atoms with Crippen LogP contribution in [0.15, 0.2) is 48.5 Å². The van der Waals surface area contributed by atoms with Gasteiger partial charge in [0.15, 0.2) is 12.6 Å². The zero-order valence-corrected chi connectivity index (χ0v) is 18.9. The highest BCUT2D eigenvalue weighted by Crippen LogP contribution is 2.17. The number of carbonyl (C=O) groups excluding carboxylic acids is 3. The fraction of sp³-hybridized carbons (Fsp3) is 0.333. The number of rotatable bonds is 11. The second-order valence-corrected chi connectivity index (χ2v) is 7.48. The molecule has 0 fully saturated rings. The van der Waals surface area contributed by atoms with Crippen molar-refractivity contribution in [3.8, 4) is 5.75 Å². The molecule has 9 nitrogen and oxygen atoms in total. The molecule has 1 amide bonds. The Morgan fingerprint density at radius 2 is 1.73 bits per heavy atom. The number of esters is 2. The van der Waals surface area contributed by atoms with Crippen molar-refractivity contribution in [2.24, 2.45) is 5.73 Å². The third-order valence-electron chi connectivity index (χ3n) is 4.78. The van der Waals surface area contributed by atoms with Crippen molar-refractivity contribution in [3.05, 3.63) is 59.7 Å². The highest BCUT2D eigenvalue weighted by atomic mass is 16.5. The largest absolute Gasteiger partial charge is 0.456 e. The quantitative estimate of drug-likeness (QED) is 0.206. The lowest BCUT2D eigenvalue weighted by molar-refractivity contribution is -0.151. The van der Waals surface area contributed by atoms with E-state index < -0.39 is 11.9 Å². The SMILES string of the molecule is CCCCN(C)C(=O)COC(=O)CCc1ccc(OC(=O)c2ccc(NC(=N)N)cc2)cc1. The first-order valence-electron chi connectivity index (χ1n) is 10.7. The van der Waals surface area contributed by atoms with E-state index in [0.717, 1.165) is 18.4 Å². The highest BCUT2D eigenvalue weighted by molar-refractivity contribution is 5.93. The van der Waals surface area contributed by atoms with E-state index in [9.17, 15) is 14.4 Å². The lowest BCUT2D eigenvalue weighted by atomic mass is 10.1. The minimum Gasteiger partial charge on any atom is -0.456 e. The van der Waals surface area contributed by atoms with E-state index in [2.05, 4.69) is 5.32 Å². The number of nitrogens with two attached hydrogens (primary N) is 1. The molecule has 9 heteroatoms. The van der Waals surface area contributed by atoms with Gasteiger partial charge in [0, 0.05) is 25.7 Å². The number of aryl methyl sites for hydroxylation is 1. The van der Waals surface area contributed by atoms with Gasteiger partial charge in [0.2, 0.25) is 0 Å². The van der Waals surface area contributed by atoms with Crippen LogP contribution in [0.3, 0.4) is 0 Å². The summed E-state index contributed by atoms with van der Waals surface area (Å²) in [4.78, 5) is 37.7. The van der Waals surface area contributed by atoms with Crippen molar-refractivity contribution in [3.63, 3.8) is 0 Å². The molecule has 2 aromatic carbocycles. The molecule has 0 aliphatic heterocycles. The van der Waals surface area contributed by atoms with E-state index in [1.54, 1.807) is 60.5 Å². The second kappa shape index (κ2) is 12.8. The molecular weight excluding hydrogens is 424 g/mol. The van der Waals surface area contributed by atoms with Crippen LogP contribution in [-0.4, -0.2) is 48.9 Å². The molecular formula is C24H30N4O5. The maximum Gasteiger partial charge on any atom is 0.343 e. The normalized spacial score (nSPS) is 10.2. The van der Waals surface area contributed by atoms with Crippen LogP contribution in [0, 0.1) is 5.41 Å². The van der Waals surface area contributed by atoms with Gasteiger partial charge in [0.1, 0.15) is 5.75 Å². The molecule has 0 radical (unpaired) electrons. The number of nitrogens with zero attached hydrogens (tertiary/aromatic N) is 1. The molecule has 176 valence electrons. The number of hydrogen-bond acceptors (Lipinski definition) is 6.